The molecule has 1 fully saturated rings. The van der Waals surface area contributed by atoms with Crippen LogP contribution in [0.1, 0.15) is 49.8 Å². The molecule has 3 N–H and O–H groups in total. The highest BCUT2D eigenvalue weighted by Gasteiger charge is 2.30. The standard InChI is InChI=1S/C34H40N4O8S/c1-21(39)36-27-14-8-22-19-30(44-2)33(45-3)34(46-4)32(22)25-13-15-28(29(40)20-26(25)27)35-16-5-7-31(41)37-23-9-11-24(12-10-23)38-17-6-18-47(38,42)43/h9-13,15,19-20,27H,5-8,14,16-18H2,1-4H3,(H,35,40)(H,36,39)(H,37,41). The average Bonchev–Trinajstić information content (AvgIpc) is 3.24. The van der Waals surface area contributed by atoms with Crippen LogP contribution in [-0.4, -0.2) is 60.4 Å². The van der Waals surface area contributed by atoms with Crippen molar-refractivity contribution in [2.45, 2.75) is 45.1 Å². The lowest BCUT2D eigenvalue weighted by Crippen LogP contribution is -2.26. The van der Waals surface area contributed by atoms with Gasteiger partial charge in [-0.15, -0.1) is 0 Å². The number of carbonyl (C=O) groups excluding carboxylic acids is 2. The van der Waals surface area contributed by atoms with Gasteiger partial charge in [-0.2, -0.15) is 0 Å². The van der Waals surface area contributed by atoms with Crippen molar-refractivity contribution in [1.29, 1.82) is 0 Å². The Morgan fingerprint density at radius 1 is 0.979 bits per heavy atom. The average molecular weight is 665 g/mol. The third kappa shape index (κ3) is 7.30. The number of nitrogens with one attached hydrogen (secondary N) is 3. The number of aryl methyl sites for hydroxylation is 1. The lowest BCUT2D eigenvalue weighted by Gasteiger charge is -2.19. The van der Waals surface area contributed by atoms with Crippen LogP contribution in [0.3, 0.4) is 0 Å². The number of ether oxygens (including phenoxy) is 3. The first-order valence-corrected chi connectivity index (χ1v) is 17.1. The van der Waals surface area contributed by atoms with Gasteiger partial charge in [0, 0.05) is 37.7 Å². The van der Waals surface area contributed by atoms with Gasteiger partial charge in [0.05, 0.1) is 44.5 Å². The normalized spacial score (nSPS) is 16.3. The molecule has 0 spiro atoms. The molecule has 0 saturated carbocycles. The molecule has 0 bridgehead atoms. The van der Waals surface area contributed by atoms with Crippen LogP contribution >= 0.6 is 0 Å². The van der Waals surface area contributed by atoms with E-state index in [1.807, 2.05) is 12.1 Å². The van der Waals surface area contributed by atoms with Crippen molar-refractivity contribution >= 4 is 38.9 Å². The quantitative estimate of drug-likeness (QED) is 0.256. The second-order valence-electron chi connectivity index (χ2n) is 11.5. The van der Waals surface area contributed by atoms with Crippen LogP contribution in [0.4, 0.5) is 17.1 Å². The lowest BCUT2D eigenvalue weighted by atomic mass is 9.95. The summed E-state index contributed by atoms with van der Waals surface area (Å²) in [6.45, 7) is 2.27. The summed E-state index contributed by atoms with van der Waals surface area (Å²) < 4.78 is 42.8. The Kier molecular flexibility index (Phi) is 10.2. The molecule has 1 aliphatic carbocycles. The minimum absolute atomic E-state index is 0.141. The summed E-state index contributed by atoms with van der Waals surface area (Å²) in [5, 5.41) is 9.00. The number of carbonyl (C=O) groups is 2. The maximum absolute atomic E-state index is 13.5. The number of nitrogens with zero attached hydrogens (tertiary/aromatic N) is 1. The summed E-state index contributed by atoms with van der Waals surface area (Å²) in [6, 6.07) is 13.3. The summed E-state index contributed by atoms with van der Waals surface area (Å²) in [6.07, 6.45) is 2.41. The van der Waals surface area contributed by atoms with Gasteiger partial charge in [-0.05, 0) is 84.8 Å². The molecule has 1 heterocycles. The molecule has 0 radical (unpaired) electrons. The first-order valence-electron chi connectivity index (χ1n) is 15.5. The largest absolute Gasteiger partial charge is 0.493 e. The Morgan fingerprint density at radius 2 is 1.72 bits per heavy atom. The minimum atomic E-state index is -3.27. The molecular weight excluding hydrogens is 624 g/mol. The molecular formula is C34H40N4O8S. The van der Waals surface area contributed by atoms with E-state index in [1.54, 1.807) is 50.6 Å². The summed E-state index contributed by atoms with van der Waals surface area (Å²) in [7, 11) is 1.37. The van der Waals surface area contributed by atoms with Crippen molar-refractivity contribution in [1.82, 2.24) is 5.32 Å². The van der Waals surface area contributed by atoms with E-state index in [0.29, 0.717) is 78.6 Å². The summed E-state index contributed by atoms with van der Waals surface area (Å²) >= 11 is 0. The van der Waals surface area contributed by atoms with Gasteiger partial charge in [-0.1, -0.05) is 6.07 Å². The van der Waals surface area contributed by atoms with Crippen molar-refractivity contribution in [2.75, 3.05) is 55.1 Å². The van der Waals surface area contributed by atoms with Gasteiger partial charge >= 0.3 is 0 Å². The summed E-state index contributed by atoms with van der Waals surface area (Å²) in [5.74, 6) is 1.16. The Bertz CT molecular complexity index is 1830. The molecule has 1 atom stereocenters. The molecule has 12 nitrogen and oxygen atoms in total. The van der Waals surface area contributed by atoms with E-state index in [9.17, 15) is 22.8 Å². The van der Waals surface area contributed by atoms with Crippen molar-refractivity contribution in [3.8, 4) is 28.4 Å². The SMILES string of the molecule is COc1cc2c(c(OC)c1OC)-c1ccc(NCCCC(=O)Nc3ccc(N4CCCS4(=O)=O)cc3)c(=O)cc1C(NC(C)=O)CC2. The smallest absolute Gasteiger partial charge is 0.235 e. The Balaban J connectivity index is 1.31. The number of methoxy groups -OCH3 is 3. The number of sulfonamides is 1. The minimum Gasteiger partial charge on any atom is -0.493 e. The second kappa shape index (κ2) is 14.3. The number of fused-ring (bicyclic) bond motifs is 3. The van der Waals surface area contributed by atoms with Gasteiger partial charge in [0.2, 0.25) is 33.0 Å². The van der Waals surface area contributed by atoms with E-state index in [2.05, 4.69) is 16.0 Å². The third-order valence-electron chi connectivity index (χ3n) is 8.35. The maximum Gasteiger partial charge on any atom is 0.235 e. The van der Waals surface area contributed by atoms with Crippen LogP contribution in [-0.2, 0) is 26.0 Å². The molecule has 1 aliphatic heterocycles. The summed E-state index contributed by atoms with van der Waals surface area (Å²) in [4.78, 5) is 38.3. The second-order valence-corrected chi connectivity index (χ2v) is 13.5. The van der Waals surface area contributed by atoms with E-state index in [-0.39, 0.29) is 29.4 Å². The molecule has 0 aromatic heterocycles. The van der Waals surface area contributed by atoms with Crippen LogP contribution in [0.2, 0.25) is 0 Å². The van der Waals surface area contributed by atoms with Gasteiger partial charge in [0.15, 0.2) is 11.5 Å². The van der Waals surface area contributed by atoms with Gasteiger partial charge in [0.1, 0.15) is 0 Å². The van der Waals surface area contributed by atoms with E-state index < -0.39 is 16.1 Å². The molecule has 5 rings (SSSR count). The van der Waals surface area contributed by atoms with Gasteiger partial charge in [0.25, 0.3) is 0 Å². The van der Waals surface area contributed by atoms with Crippen LogP contribution in [0, 0.1) is 0 Å². The predicted molar refractivity (Wildman–Crippen MR) is 181 cm³/mol. The Hall–Kier alpha value is -4.78. The first-order chi connectivity index (χ1) is 22.6. The van der Waals surface area contributed by atoms with Gasteiger partial charge < -0.3 is 30.2 Å². The fraction of sp³-hybridized carbons (Fsp3) is 0.382. The predicted octanol–water partition coefficient (Wildman–Crippen LogP) is 4.23. The highest BCUT2D eigenvalue weighted by Crippen LogP contribution is 2.50. The van der Waals surface area contributed by atoms with Crippen LogP contribution in [0.25, 0.3) is 11.1 Å². The maximum atomic E-state index is 13.5. The molecule has 3 aromatic rings. The molecule has 2 amide bonds. The van der Waals surface area contributed by atoms with Crippen LogP contribution in [0.15, 0.2) is 53.3 Å². The zero-order valence-corrected chi connectivity index (χ0v) is 27.8. The van der Waals surface area contributed by atoms with E-state index in [1.165, 1.54) is 18.3 Å². The van der Waals surface area contributed by atoms with Crippen molar-refractivity contribution in [3.05, 3.63) is 69.9 Å². The molecule has 47 heavy (non-hydrogen) atoms. The summed E-state index contributed by atoms with van der Waals surface area (Å²) in [5.41, 5.74) is 4.34. The fourth-order valence-corrected chi connectivity index (χ4v) is 7.75. The van der Waals surface area contributed by atoms with Crippen molar-refractivity contribution in [3.63, 3.8) is 0 Å². The topological polar surface area (TPSA) is 152 Å². The Labute approximate surface area is 274 Å². The van der Waals surface area contributed by atoms with Crippen molar-refractivity contribution < 1.29 is 32.2 Å². The molecule has 3 aromatic carbocycles. The molecule has 13 heteroatoms. The van der Waals surface area contributed by atoms with Gasteiger partial charge in [-0.25, -0.2) is 8.42 Å². The van der Waals surface area contributed by atoms with E-state index >= 15 is 0 Å². The highest BCUT2D eigenvalue weighted by atomic mass is 32.2. The fourth-order valence-electron chi connectivity index (χ4n) is 6.19. The highest BCUT2D eigenvalue weighted by molar-refractivity contribution is 7.93. The number of anilines is 3. The van der Waals surface area contributed by atoms with E-state index in [0.717, 1.165) is 16.7 Å². The van der Waals surface area contributed by atoms with Crippen LogP contribution < -0.4 is 39.9 Å². The molecule has 250 valence electrons. The van der Waals surface area contributed by atoms with Crippen molar-refractivity contribution in [2.24, 2.45) is 0 Å². The molecule has 1 saturated heterocycles. The number of hydrogen-bond acceptors (Lipinski definition) is 9. The number of amides is 2. The lowest BCUT2D eigenvalue weighted by molar-refractivity contribution is -0.119. The van der Waals surface area contributed by atoms with Gasteiger partial charge in [-0.3, -0.25) is 18.7 Å². The molecule has 2 aliphatic rings. The zero-order valence-electron chi connectivity index (χ0n) is 27.0. The molecule has 1 unspecified atom stereocenters. The zero-order chi connectivity index (χ0) is 33.7. The van der Waals surface area contributed by atoms with Crippen LogP contribution in [0.5, 0.6) is 17.2 Å². The Morgan fingerprint density at radius 3 is 2.36 bits per heavy atom. The number of hydrogen-bond donors (Lipinski definition) is 3. The number of rotatable bonds is 11. The van der Waals surface area contributed by atoms with E-state index in [4.69, 9.17) is 14.2 Å². The monoisotopic (exact) mass is 664 g/mol. The number of benzene rings is 2. The third-order valence-corrected chi connectivity index (χ3v) is 10.2. The first kappa shape index (κ1) is 33.6.